The summed E-state index contributed by atoms with van der Waals surface area (Å²) in [6.07, 6.45) is -1.50. The van der Waals surface area contributed by atoms with Gasteiger partial charge in [-0.15, -0.1) is 0 Å². The minimum absolute atomic E-state index is 0.182. The van der Waals surface area contributed by atoms with Crippen LogP contribution in [0.15, 0.2) is 83.9 Å². The number of methoxy groups -OCH3 is 2. The van der Waals surface area contributed by atoms with E-state index in [2.05, 4.69) is 30.4 Å². The summed E-state index contributed by atoms with van der Waals surface area (Å²) in [7, 11) is 2.34. The highest BCUT2D eigenvalue weighted by Gasteiger charge is 2.14. The van der Waals surface area contributed by atoms with Crippen molar-refractivity contribution in [2.45, 2.75) is 6.42 Å². The fraction of sp³-hybridized carbons (Fsp3) is 0.120. The summed E-state index contributed by atoms with van der Waals surface area (Å²) in [4.78, 5) is 40.1. The normalized spacial score (nSPS) is 9.89. The molecule has 0 spiro atoms. The van der Waals surface area contributed by atoms with Gasteiger partial charge in [-0.3, -0.25) is 15.4 Å². The van der Waals surface area contributed by atoms with Gasteiger partial charge in [-0.05, 0) is 29.8 Å². The van der Waals surface area contributed by atoms with Crippen LogP contribution in [0.1, 0.15) is 5.56 Å². The molecular weight excluding hydrogens is 452 g/mol. The topological polar surface area (TPSA) is 127 Å². The average molecular weight is 476 g/mol. The van der Waals surface area contributed by atoms with Crippen LogP contribution in [0.2, 0.25) is 0 Å². The smallest absolute Gasteiger partial charge is 0.413 e. The van der Waals surface area contributed by atoms with Crippen molar-refractivity contribution in [3.8, 4) is 11.5 Å². The highest BCUT2D eigenvalue weighted by atomic mass is 16.5. The van der Waals surface area contributed by atoms with E-state index < -0.39 is 12.2 Å². The van der Waals surface area contributed by atoms with Gasteiger partial charge in [0.25, 0.3) is 0 Å². The highest BCUT2D eigenvalue weighted by molar-refractivity contribution is 6.02. The first-order chi connectivity index (χ1) is 17.0. The maximum Gasteiger partial charge on any atom is 0.413 e. The first-order valence-electron chi connectivity index (χ1n) is 10.5. The molecule has 10 heteroatoms. The number of ether oxygens (including phenoxy) is 3. The zero-order chi connectivity index (χ0) is 25.0. The Kier molecular flexibility index (Phi) is 8.78. The fourth-order valence-electron chi connectivity index (χ4n) is 2.87. The quantitative estimate of drug-likeness (QED) is 0.358. The second kappa shape index (κ2) is 12.4. The Bertz CT molecular complexity index is 1180. The van der Waals surface area contributed by atoms with Crippen molar-refractivity contribution in [3.05, 3.63) is 84.4 Å². The van der Waals surface area contributed by atoms with Crippen LogP contribution in [0.4, 0.5) is 21.0 Å². The largest absolute Gasteiger partial charge is 0.455 e. The maximum atomic E-state index is 12.6. The summed E-state index contributed by atoms with van der Waals surface area (Å²) >= 11 is 0. The number of amides is 3. The summed E-state index contributed by atoms with van der Waals surface area (Å²) in [6.45, 7) is 0. The van der Waals surface area contributed by atoms with Gasteiger partial charge in [-0.1, -0.05) is 48.5 Å². The average Bonchev–Trinajstić information content (AvgIpc) is 2.86. The molecule has 0 atom stereocenters. The zero-order valence-corrected chi connectivity index (χ0v) is 19.1. The van der Waals surface area contributed by atoms with Gasteiger partial charge in [0.1, 0.15) is 5.75 Å². The molecule has 0 heterocycles. The van der Waals surface area contributed by atoms with E-state index in [0.717, 1.165) is 5.56 Å². The molecule has 0 aliphatic heterocycles. The predicted molar refractivity (Wildman–Crippen MR) is 130 cm³/mol. The lowest BCUT2D eigenvalue weighted by Crippen LogP contribution is -2.43. The lowest BCUT2D eigenvalue weighted by atomic mass is 10.1. The van der Waals surface area contributed by atoms with Crippen molar-refractivity contribution in [3.63, 3.8) is 0 Å². The number of para-hydroxylation sites is 1. The van der Waals surface area contributed by atoms with Gasteiger partial charge in [-0.25, -0.2) is 14.6 Å². The van der Waals surface area contributed by atoms with Gasteiger partial charge >= 0.3 is 12.2 Å². The van der Waals surface area contributed by atoms with Crippen LogP contribution in [-0.2, 0) is 20.7 Å². The summed E-state index contributed by atoms with van der Waals surface area (Å²) < 4.78 is 15.1. The molecule has 3 N–H and O–H groups in total. The number of aliphatic imine (C=N–C) groups is 1. The van der Waals surface area contributed by atoms with Crippen molar-refractivity contribution in [1.82, 2.24) is 10.6 Å². The van der Waals surface area contributed by atoms with E-state index in [1.54, 1.807) is 30.3 Å². The van der Waals surface area contributed by atoms with E-state index in [0.29, 0.717) is 22.9 Å². The molecule has 0 aliphatic rings. The number of hydrogen-bond donors (Lipinski definition) is 3. The molecule has 35 heavy (non-hydrogen) atoms. The lowest BCUT2D eigenvalue weighted by Gasteiger charge is -2.14. The van der Waals surface area contributed by atoms with Crippen LogP contribution in [-0.4, -0.2) is 38.3 Å². The second-order valence-electron chi connectivity index (χ2n) is 7.00. The minimum Gasteiger partial charge on any atom is -0.455 e. The third-order valence-corrected chi connectivity index (χ3v) is 4.47. The Morgan fingerprint density at radius 1 is 0.800 bits per heavy atom. The minimum atomic E-state index is -0.842. The molecule has 3 amide bonds. The van der Waals surface area contributed by atoms with Gasteiger partial charge in [0.15, 0.2) is 5.75 Å². The molecule has 0 aliphatic carbocycles. The van der Waals surface area contributed by atoms with Crippen LogP contribution in [0.3, 0.4) is 0 Å². The lowest BCUT2D eigenvalue weighted by molar-refractivity contribution is -0.115. The van der Waals surface area contributed by atoms with E-state index in [9.17, 15) is 14.4 Å². The van der Waals surface area contributed by atoms with Crippen LogP contribution >= 0.6 is 0 Å². The van der Waals surface area contributed by atoms with Crippen molar-refractivity contribution >= 4 is 35.4 Å². The van der Waals surface area contributed by atoms with Gasteiger partial charge in [0.05, 0.1) is 32.0 Å². The van der Waals surface area contributed by atoms with Gasteiger partial charge in [-0.2, -0.15) is 0 Å². The molecule has 0 saturated heterocycles. The van der Waals surface area contributed by atoms with Crippen LogP contribution in [0.5, 0.6) is 11.5 Å². The fourth-order valence-corrected chi connectivity index (χ4v) is 2.87. The van der Waals surface area contributed by atoms with E-state index in [1.165, 1.54) is 14.2 Å². The van der Waals surface area contributed by atoms with Crippen LogP contribution < -0.4 is 20.7 Å². The third kappa shape index (κ3) is 7.90. The second-order valence-corrected chi connectivity index (χ2v) is 7.00. The van der Waals surface area contributed by atoms with Crippen molar-refractivity contribution in [1.29, 1.82) is 0 Å². The Labute approximate surface area is 201 Å². The number of hydrogen-bond acceptors (Lipinski definition) is 7. The third-order valence-electron chi connectivity index (χ3n) is 4.47. The molecule has 180 valence electrons. The van der Waals surface area contributed by atoms with Crippen LogP contribution in [0.25, 0.3) is 0 Å². The maximum absolute atomic E-state index is 12.6. The Balaban J connectivity index is 1.90. The van der Waals surface area contributed by atoms with E-state index in [-0.39, 0.29) is 18.3 Å². The van der Waals surface area contributed by atoms with Gasteiger partial charge < -0.3 is 19.5 Å². The summed E-state index contributed by atoms with van der Waals surface area (Å²) in [5.74, 6) is 0.378. The molecule has 0 fully saturated rings. The zero-order valence-electron chi connectivity index (χ0n) is 19.1. The Hall–Kier alpha value is -4.86. The number of nitrogens with one attached hydrogen (secondary N) is 3. The van der Waals surface area contributed by atoms with Gasteiger partial charge in [0.2, 0.25) is 11.9 Å². The SMILES string of the molecule is COC(=O)NC(=Nc1ccc(NC(=O)Cc2ccccc2)c(Oc2ccccc2)c1)NC(=O)OC. The molecule has 0 saturated carbocycles. The van der Waals surface area contributed by atoms with Crippen molar-refractivity contribution in [2.75, 3.05) is 19.5 Å². The number of alkyl carbamates (subject to hydrolysis) is 2. The first kappa shape index (κ1) is 24.8. The number of nitrogens with zero attached hydrogens (tertiary/aromatic N) is 1. The monoisotopic (exact) mass is 476 g/mol. The molecule has 3 aromatic rings. The number of carbonyl (C=O) groups is 3. The summed E-state index contributed by atoms with van der Waals surface area (Å²) in [6, 6.07) is 23.0. The number of guanidine groups is 1. The summed E-state index contributed by atoms with van der Waals surface area (Å²) in [5, 5.41) is 7.43. The van der Waals surface area contributed by atoms with Crippen LogP contribution in [0, 0.1) is 0 Å². The van der Waals surface area contributed by atoms with E-state index in [1.807, 2.05) is 48.5 Å². The molecule has 0 unspecified atom stereocenters. The number of rotatable bonds is 6. The number of anilines is 1. The Morgan fingerprint density at radius 2 is 1.40 bits per heavy atom. The highest BCUT2D eigenvalue weighted by Crippen LogP contribution is 2.33. The molecule has 3 rings (SSSR count). The molecule has 0 bridgehead atoms. The number of carbonyl (C=O) groups excluding carboxylic acids is 3. The predicted octanol–water partition coefficient (Wildman–Crippen LogP) is 4.36. The molecule has 0 aromatic heterocycles. The Morgan fingerprint density at radius 3 is 2.00 bits per heavy atom. The standard InChI is InChI=1S/C25H24N4O6/c1-33-24(31)28-23(29-25(32)34-2)26-18-13-14-20(21(16-18)35-19-11-7-4-8-12-19)27-22(30)15-17-9-5-3-6-10-17/h3-14,16H,15H2,1-2H3,(H,27,30)(H2,26,28,29,31,32). The molecule has 10 nitrogen and oxygen atoms in total. The van der Waals surface area contributed by atoms with Crippen molar-refractivity contribution < 1.29 is 28.6 Å². The van der Waals surface area contributed by atoms with Gasteiger partial charge in [0, 0.05) is 6.07 Å². The molecule has 3 aromatic carbocycles. The molecular formula is C25H24N4O6. The molecule has 0 radical (unpaired) electrons. The van der Waals surface area contributed by atoms with E-state index in [4.69, 9.17) is 4.74 Å². The summed E-state index contributed by atoms with van der Waals surface area (Å²) in [5.41, 5.74) is 1.58. The van der Waals surface area contributed by atoms with E-state index >= 15 is 0 Å². The van der Waals surface area contributed by atoms with Crippen molar-refractivity contribution in [2.24, 2.45) is 4.99 Å². The number of benzene rings is 3. The first-order valence-corrected chi connectivity index (χ1v) is 10.5.